The molecule has 0 saturated heterocycles. The van der Waals surface area contributed by atoms with Crippen molar-refractivity contribution in [2.45, 2.75) is 6.54 Å². The molecule has 0 bridgehead atoms. The Kier molecular flexibility index (Phi) is 4.65. The molecule has 0 unspecified atom stereocenters. The average Bonchev–Trinajstić information content (AvgIpc) is 2.87. The van der Waals surface area contributed by atoms with Gasteiger partial charge in [0.15, 0.2) is 0 Å². The van der Waals surface area contributed by atoms with Crippen LogP contribution in [0.5, 0.6) is 0 Å². The highest BCUT2D eigenvalue weighted by molar-refractivity contribution is 6.40. The topological polar surface area (TPSA) is 71.3 Å². The molecule has 7 heteroatoms. The van der Waals surface area contributed by atoms with E-state index in [0.29, 0.717) is 21.5 Å². The summed E-state index contributed by atoms with van der Waals surface area (Å²) in [5.74, 6) is -1.04. The number of nitrogens with one attached hydrogen (secondary N) is 2. The number of carbonyl (C=O) groups excluding carboxylic acids is 2. The number of hydrogen-bond acceptors (Lipinski definition) is 3. The highest BCUT2D eigenvalue weighted by Gasteiger charge is 2.14. The van der Waals surface area contributed by atoms with Gasteiger partial charge in [-0.3, -0.25) is 9.59 Å². The van der Waals surface area contributed by atoms with Gasteiger partial charge in [0.05, 0.1) is 12.8 Å². The molecule has 2 rings (SSSR count). The normalized spacial score (nSPS) is 10.1. The van der Waals surface area contributed by atoms with E-state index in [1.54, 1.807) is 12.1 Å². The van der Waals surface area contributed by atoms with Gasteiger partial charge in [0.2, 0.25) is 0 Å². The molecule has 5 nitrogen and oxygen atoms in total. The lowest BCUT2D eigenvalue weighted by atomic mass is 10.3. The number of halogens is 2. The zero-order valence-electron chi connectivity index (χ0n) is 10.2. The lowest BCUT2D eigenvalue weighted by Crippen LogP contribution is -2.34. The van der Waals surface area contributed by atoms with Gasteiger partial charge >= 0.3 is 11.8 Å². The van der Waals surface area contributed by atoms with Crippen LogP contribution in [0.2, 0.25) is 10.0 Å². The van der Waals surface area contributed by atoms with Crippen LogP contribution in [0.25, 0.3) is 0 Å². The van der Waals surface area contributed by atoms with E-state index in [2.05, 4.69) is 10.6 Å². The highest BCUT2D eigenvalue weighted by Crippen LogP contribution is 2.22. The molecule has 0 aliphatic carbocycles. The summed E-state index contributed by atoms with van der Waals surface area (Å²) in [7, 11) is 0. The van der Waals surface area contributed by atoms with Crippen molar-refractivity contribution in [3.63, 3.8) is 0 Å². The second-order valence-corrected chi connectivity index (χ2v) is 4.75. The third-order valence-electron chi connectivity index (χ3n) is 2.33. The number of amides is 2. The molecule has 20 heavy (non-hydrogen) atoms. The van der Waals surface area contributed by atoms with Crippen LogP contribution in [-0.2, 0) is 16.1 Å². The van der Waals surface area contributed by atoms with Crippen LogP contribution in [0.15, 0.2) is 41.0 Å². The summed E-state index contributed by atoms with van der Waals surface area (Å²) in [6.07, 6.45) is 1.48. The zero-order chi connectivity index (χ0) is 14.5. The van der Waals surface area contributed by atoms with E-state index in [0.717, 1.165) is 0 Å². The Hall–Kier alpha value is -1.98. The minimum atomic E-state index is -0.810. The quantitative estimate of drug-likeness (QED) is 0.856. The van der Waals surface area contributed by atoms with E-state index in [-0.39, 0.29) is 6.54 Å². The molecule has 2 aromatic rings. The number of rotatable bonds is 3. The van der Waals surface area contributed by atoms with Gasteiger partial charge in [-0.25, -0.2) is 0 Å². The van der Waals surface area contributed by atoms with E-state index in [1.165, 1.54) is 24.5 Å². The Labute approximate surface area is 124 Å². The number of carbonyl (C=O) groups is 2. The molecular weight excluding hydrogens is 303 g/mol. The summed E-state index contributed by atoms with van der Waals surface area (Å²) in [4.78, 5) is 23.2. The molecule has 1 aromatic heterocycles. The zero-order valence-corrected chi connectivity index (χ0v) is 11.7. The molecule has 0 atom stereocenters. The molecule has 0 saturated carbocycles. The molecular formula is C13H10Cl2N2O3. The summed E-state index contributed by atoms with van der Waals surface area (Å²) in [6.45, 7) is 0.134. The molecule has 2 N–H and O–H groups in total. The van der Waals surface area contributed by atoms with E-state index in [9.17, 15) is 9.59 Å². The van der Waals surface area contributed by atoms with Crippen LogP contribution in [0, 0.1) is 0 Å². The minimum absolute atomic E-state index is 0.134. The van der Waals surface area contributed by atoms with Crippen molar-refractivity contribution in [2.75, 3.05) is 5.32 Å². The summed E-state index contributed by atoms with van der Waals surface area (Å²) in [6, 6.07) is 7.89. The number of benzene rings is 1. The molecule has 104 valence electrons. The SMILES string of the molecule is O=C(NCc1ccco1)C(=O)Nc1cc(Cl)cc(Cl)c1. The van der Waals surface area contributed by atoms with Gasteiger partial charge in [-0.05, 0) is 30.3 Å². The summed E-state index contributed by atoms with van der Waals surface area (Å²) < 4.78 is 5.03. The number of hydrogen-bond donors (Lipinski definition) is 2. The van der Waals surface area contributed by atoms with Crippen molar-refractivity contribution in [3.8, 4) is 0 Å². The van der Waals surface area contributed by atoms with Crippen molar-refractivity contribution in [3.05, 3.63) is 52.4 Å². The van der Waals surface area contributed by atoms with Gasteiger partial charge < -0.3 is 15.1 Å². The second-order valence-electron chi connectivity index (χ2n) is 3.87. The fraction of sp³-hybridized carbons (Fsp3) is 0.0769. The Morgan fingerprint density at radius 3 is 2.40 bits per heavy atom. The predicted octanol–water partition coefficient (Wildman–Crippen LogP) is 2.84. The van der Waals surface area contributed by atoms with Gasteiger partial charge in [-0.1, -0.05) is 23.2 Å². The van der Waals surface area contributed by atoms with Crippen molar-refractivity contribution in [1.29, 1.82) is 0 Å². The standard InChI is InChI=1S/C13H10Cl2N2O3/c14-8-4-9(15)6-10(5-8)17-13(19)12(18)16-7-11-2-1-3-20-11/h1-6H,7H2,(H,16,18)(H,17,19). The first-order valence-electron chi connectivity index (χ1n) is 5.62. The van der Waals surface area contributed by atoms with Gasteiger partial charge in [-0.15, -0.1) is 0 Å². The lowest BCUT2D eigenvalue weighted by Gasteiger charge is -2.06. The van der Waals surface area contributed by atoms with Crippen LogP contribution in [0.1, 0.15) is 5.76 Å². The number of furan rings is 1. The van der Waals surface area contributed by atoms with Crippen molar-refractivity contribution >= 4 is 40.7 Å². The molecule has 0 radical (unpaired) electrons. The maximum atomic E-state index is 11.7. The number of anilines is 1. The molecule has 1 aromatic carbocycles. The molecule has 0 fully saturated rings. The largest absolute Gasteiger partial charge is 0.467 e. The van der Waals surface area contributed by atoms with Crippen LogP contribution >= 0.6 is 23.2 Å². The second kappa shape index (κ2) is 6.45. The fourth-order valence-electron chi connectivity index (χ4n) is 1.47. The average molecular weight is 313 g/mol. The monoisotopic (exact) mass is 312 g/mol. The van der Waals surface area contributed by atoms with Gasteiger partial charge in [-0.2, -0.15) is 0 Å². The lowest BCUT2D eigenvalue weighted by molar-refractivity contribution is -0.136. The fourth-order valence-corrected chi connectivity index (χ4v) is 2.00. The Morgan fingerprint density at radius 2 is 1.80 bits per heavy atom. The van der Waals surface area contributed by atoms with E-state index >= 15 is 0 Å². The van der Waals surface area contributed by atoms with Gasteiger partial charge in [0.25, 0.3) is 0 Å². The Bertz CT molecular complexity index is 606. The van der Waals surface area contributed by atoms with Crippen molar-refractivity contribution in [1.82, 2.24) is 5.32 Å². The molecule has 1 heterocycles. The molecule has 0 spiro atoms. The van der Waals surface area contributed by atoms with Crippen molar-refractivity contribution < 1.29 is 14.0 Å². The van der Waals surface area contributed by atoms with E-state index in [1.807, 2.05) is 0 Å². The highest BCUT2D eigenvalue weighted by atomic mass is 35.5. The predicted molar refractivity (Wildman–Crippen MR) is 75.6 cm³/mol. The Balaban J connectivity index is 1.92. The van der Waals surface area contributed by atoms with E-state index in [4.69, 9.17) is 27.6 Å². The minimum Gasteiger partial charge on any atom is -0.467 e. The first kappa shape index (κ1) is 14.4. The third kappa shape index (κ3) is 4.01. The summed E-state index contributed by atoms with van der Waals surface area (Å²) >= 11 is 11.6. The summed E-state index contributed by atoms with van der Waals surface area (Å²) in [5, 5.41) is 5.56. The maximum absolute atomic E-state index is 11.7. The van der Waals surface area contributed by atoms with Crippen LogP contribution in [0.4, 0.5) is 5.69 Å². The summed E-state index contributed by atoms with van der Waals surface area (Å²) in [5.41, 5.74) is 0.348. The van der Waals surface area contributed by atoms with Crippen LogP contribution in [-0.4, -0.2) is 11.8 Å². The van der Waals surface area contributed by atoms with E-state index < -0.39 is 11.8 Å². The first-order valence-corrected chi connectivity index (χ1v) is 6.38. The smallest absolute Gasteiger partial charge is 0.313 e. The van der Waals surface area contributed by atoms with Gasteiger partial charge in [0.1, 0.15) is 5.76 Å². The molecule has 0 aliphatic rings. The maximum Gasteiger partial charge on any atom is 0.313 e. The Morgan fingerprint density at radius 1 is 1.10 bits per heavy atom. The van der Waals surface area contributed by atoms with Crippen LogP contribution < -0.4 is 10.6 Å². The van der Waals surface area contributed by atoms with Gasteiger partial charge in [0, 0.05) is 15.7 Å². The molecule has 0 aliphatic heterocycles. The van der Waals surface area contributed by atoms with Crippen molar-refractivity contribution in [2.24, 2.45) is 0 Å². The first-order chi connectivity index (χ1) is 9.54. The third-order valence-corrected chi connectivity index (χ3v) is 2.77. The van der Waals surface area contributed by atoms with Crippen LogP contribution in [0.3, 0.4) is 0 Å². The molecule has 2 amide bonds.